The largest absolute Gasteiger partial charge is 0.497 e. The predicted molar refractivity (Wildman–Crippen MR) is 160 cm³/mol. The summed E-state index contributed by atoms with van der Waals surface area (Å²) in [7, 11) is 1.62. The number of unbranched alkanes of at least 4 members (excludes halogenated alkanes) is 2. The van der Waals surface area contributed by atoms with Gasteiger partial charge in [0, 0.05) is 48.3 Å². The van der Waals surface area contributed by atoms with Crippen LogP contribution in [0.3, 0.4) is 0 Å². The Morgan fingerprint density at radius 1 is 1.12 bits per heavy atom. The fourth-order valence-electron chi connectivity index (χ4n) is 5.34. The molecule has 1 aliphatic rings. The monoisotopic (exact) mass is 562 g/mol. The summed E-state index contributed by atoms with van der Waals surface area (Å²) in [5.74, 6) is 0.444. The predicted octanol–water partition coefficient (Wildman–Crippen LogP) is 4.07. The van der Waals surface area contributed by atoms with Crippen molar-refractivity contribution in [1.82, 2.24) is 15.6 Å². The molecule has 0 saturated carbocycles. The van der Waals surface area contributed by atoms with Gasteiger partial charge in [0.1, 0.15) is 17.6 Å². The van der Waals surface area contributed by atoms with Crippen molar-refractivity contribution in [3.63, 3.8) is 0 Å². The van der Waals surface area contributed by atoms with Crippen molar-refractivity contribution in [3.8, 4) is 5.75 Å². The van der Waals surface area contributed by atoms with Crippen molar-refractivity contribution in [2.24, 2.45) is 0 Å². The number of amides is 2. The molecule has 1 saturated heterocycles. The number of carbonyl (C=O) groups excluding carboxylic acids is 3. The van der Waals surface area contributed by atoms with Gasteiger partial charge >= 0.3 is 0 Å². The average Bonchev–Trinajstić information content (AvgIpc) is 3.29. The normalized spacial score (nSPS) is 15.9. The van der Waals surface area contributed by atoms with E-state index in [9.17, 15) is 14.4 Å². The molecular formula is C32H42N4O5. The number of aromatic amines is 1. The second kappa shape index (κ2) is 14.7. The minimum Gasteiger partial charge on any atom is -0.497 e. The molecule has 0 aliphatic carbocycles. The molecule has 1 aromatic heterocycles. The maximum Gasteiger partial charge on any atom is 0.242 e. The third-order valence-electron chi connectivity index (χ3n) is 7.60. The minimum absolute atomic E-state index is 0.144. The molecule has 1 unspecified atom stereocenters. The second-order valence-corrected chi connectivity index (χ2v) is 10.8. The number of ether oxygens (including phenoxy) is 2. The van der Waals surface area contributed by atoms with E-state index in [1.807, 2.05) is 43.3 Å². The summed E-state index contributed by atoms with van der Waals surface area (Å²) >= 11 is 0. The summed E-state index contributed by atoms with van der Waals surface area (Å²) in [4.78, 5) is 43.5. The van der Waals surface area contributed by atoms with Gasteiger partial charge in [0.25, 0.3) is 0 Å². The van der Waals surface area contributed by atoms with Crippen LogP contribution in [0, 0.1) is 6.92 Å². The molecule has 2 atom stereocenters. The number of benzene rings is 2. The maximum atomic E-state index is 13.3. The Balaban J connectivity index is 1.37. The van der Waals surface area contributed by atoms with Crippen molar-refractivity contribution in [2.45, 2.75) is 64.5 Å². The highest BCUT2D eigenvalue weighted by molar-refractivity contribution is 5.93. The first kappa shape index (κ1) is 30.1. The number of Topliss-reactive ketones (excluding diaryl/α,β-unsaturated/α-hetero) is 1. The van der Waals surface area contributed by atoms with Crippen molar-refractivity contribution in [1.29, 1.82) is 0 Å². The van der Waals surface area contributed by atoms with Crippen molar-refractivity contribution in [2.75, 3.05) is 38.3 Å². The number of rotatable bonds is 14. The van der Waals surface area contributed by atoms with Crippen LogP contribution in [0.2, 0.25) is 0 Å². The summed E-state index contributed by atoms with van der Waals surface area (Å²) in [5.41, 5.74) is 3.86. The smallest absolute Gasteiger partial charge is 0.242 e. The molecule has 2 amide bonds. The minimum atomic E-state index is -0.673. The molecule has 41 heavy (non-hydrogen) atoms. The number of aryl methyl sites for hydroxylation is 1. The Kier molecular flexibility index (Phi) is 10.8. The van der Waals surface area contributed by atoms with Gasteiger partial charge in [-0.15, -0.1) is 0 Å². The molecule has 2 heterocycles. The molecule has 0 bridgehead atoms. The van der Waals surface area contributed by atoms with Crippen LogP contribution in [0.1, 0.15) is 50.3 Å². The SMILES string of the molecule is COc1ccc2[nH]c(C)c(CC(=O)N[C@@H](CCCCCC(C)=O)C(=O)NCC3CN(c4ccccc4)CCO3)c2c1. The molecule has 3 aromatic rings. The Hall–Kier alpha value is -3.85. The Morgan fingerprint density at radius 2 is 1.93 bits per heavy atom. The third kappa shape index (κ3) is 8.57. The first-order valence-electron chi connectivity index (χ1n) is 14.5. The second-order valence-electron chi connectivity index (χ2n) is 10.8. The first-order valence-corrected chi connectivity index (χ1v) is 14.5. The number of nitrogens with one attached hydrogen (secondary N) is 3. The van der Waals surface area contributed by atoms with E-state index in [1.54, 1.807) is 14.0 Å². The van der Waals surface area contributed by atoms with Crippen LogP contribution in [0.15, 0.2) is 48.5 Å². The van der Waals surface area contributed by atoms with E-state index in [0.717, 1.165) is 59.4 Å². The van der Waals surface area contributed by atoms with Crippen LogP contribution < -0.4 is 20.3 Å². The number of H-pyrrole nitrogens is 1. The number of morpholine rings is 1. The standard InChI is InChI=1S/C32H42N4O5/c1-22(37)10-6-4-9-13-30(32(39)33-20-26-21-36(16-17-41-26)24-11-7-5-8-12-24)35-31(38)19-27-23(2)34-29-15-14-25(40-3)18-28(27)29/h5,7-8,11-12,14-15,18,26,30,34H,4,6,9-10,13,16-17,19-21H2,1-3H3,(H,33,39)(H,35,38)/t26?,30-/m0/s1. The molecule has 0 radical (unpaired) electrons. The number of carbonyl (C=O) groups is 3. The Labute approximate surface area is 242 Å². The van der Waals surface area contributed by atoms with E-state index in [-0.39, 0.29) is 30.1 Å². The van der Waals surface area contributed by atoms with Crippen molar-refractivity contribution in [3.05, 3.63) is 59.8 Å². The number of nitrogens with zero attached hydrogens (tertiary/aromatic N) is 1. The number of anilines is 1. The molecule has 0 spiro atoms. The van der Waals surface area contributed by atoms with E-state index < -0.39 is 6.04 Å². The van der Waals surface area contributed by atoms with Gasteiger partial charge in [0.2, 0.25) is 11.8 Å². The van der Waals surface area contributed by atoms with Crippen LogP contribution in [-0.4, -0.2) is 68.1 Å². The van der Waals surface area contributed by atoms with E-state index >= 15 is 0 Å². The molecular weight excluding hydrogens is 520 g/mol. The highest BCUT2D eigenvalue weighted by Crippen LogP contribution is 2.27. The molecule has 9 nitrogen and oxygen atoms in total. The maximum absolute atomic E-state index is 13.3. The van der Waals surface area contributed by atoms with Gasteiger partial charge in [0.05, 0.1) is 26.2 Å². The van der Waals surface area contributed by atoms with Gasteiger partial charge < -0.3 is 34.8 Å². The van der Waals surface area contributed by atoms with E-state index in [1.165, 1.54) is 0 Å². The van der Waals surface area contributed by atoms with Gasteiger partial charge in [-0.3, -0.25) is 9.59 Å². The quantitative estimate of drug-likeness (QED) is 0.255. The zero-order valence-corrected chi connectivity index (χ0v) is 24.3. The van der Waals surface area contributed by atoms with E-state index in [0.29, 0.717) is 32.5 Å². The lowest BCUT2D eigenvalue weighted by Gasteiger charge is -2.34. The highest BCUT2D eigenvalue weighted by atomic mass is 16.5. The third-order valence-corrected chi connectivity index (χ3v) is 7.60. The van der Waals surface area contributed by atoms with Crippen LogP contribution in [-0.2, 0) is 25.5 Å². The molecule has 220 valence electrons. The molecule has 1 fully saturated rings. The summed E-state index contributed by atoms with van der Waals surface area (Å²) in [6.45, 7) is 5.95. The Morgan fingerprint density at radius 3 is 2.68 bits per heavy atom. The number of aromatic nitrogens is 1. The number of hydrogen-bond donors (Lipinski definition) is 3. The molecule has 9 heteroatoms. The fraction of sp³-hybridized carbons (Fsp3) is 0.469. The fourth-order valence-corrected chi connectivity index (χ4v) is 5.34. The zero-order chi connectivity index (χ0) is 29.2. The van der Waals surface area contributed by atoms with Gasteiger partial charge in [-0.2, -0.15) is 0 Å². The number of para-hydroxylation sites is 1. The lowest BCUT2D eigenvalue weighted by Crippen LogP contribution is -2.52. The summed E-state index contributed by atoms with van der Waals surface area (Å²) in [6.07, 6.45) is 3.35. The van der Waals surface area contributed by atoms with E-state index in [2.05, 4.69) is 32.7 Å². The summed E-state index contributed by atoms with van der Waals surface area (Å²) < 4.78 is 11.3. The van der Waals surface area contributed by atoms with Gasteiger partial charge in [-0.05, 0) is 62.6 Å². The topological polar surface area (TPSA) is 113 Å². The van der Waals surface area contributed by atoms with Crippen LogP contribution in [0.25, 0.3) is 10.9 Å². The van der Waals surface area contributed by atoms with Crippen LogP contribution >= 0.6 is 0 Å². The lowest BCUT2D eigenvalue weighted by molar-refractivity contribution is -0.129. The van der Waals surface area contributed by atoms with Crippen molar-refractivity contribution >= 4 is 34.2 Å². The number of ketones is 1. The molecule has 3 N–H and O–H groups in total. The first-order chi connectivity index (χ1) is 19.8. The number of methoxy groups -OCH3 is 1. The average molecular weight is 563 g/mol. The van der Waals surface area contributed by atoms with Gasteiger partial charge in [-0.1, -0.05) is 31.0 Å². The van der Waals surface area contributed by atoms with Crippen molar-refractivity contribution < 1.29 is 23.9 Å². The number of fused-ring (bicyclic) bond motifs is 1. The van der Waals surface area contributed by atoms with E-state index in [4.69, 9.17) is 9.47 Å². The summed E-state index contributed by atoms with van der Waals surface area (Å²) in [6, 6.07) is 15.2. The summed E-state index contributed by atoms with van der Waals surface area (Å²) in [5, 5.41) is 6.94. The lowest BCUT2D eigenvalue weighted by atomic mass is 10.0. The number of hydrogen-bond acceptors (Lipinski definition) is 6. The zero-order valence-electron chi connectivity index (χ0n) is 24.3. The highest BCUT2D eigenvalue weighted by Gasteiger charge is 2.25. The molecule has 2 aromatic carbocycles. The van der Waals surface area contributed by atoms with Gasteiger partial charge in [-0.25, -0.2) is 0 Å². The molecule has 1 aliphatic heterocycles. The van der Waals surface area contributed by atoms with Crippen LogP contribution in [0.4, 0.5) is 5.69 Å². The van der Waals surface area contributed by atoms with Gasteiger partial charge in [0.15, 0.2) is 0 Å². The Bertz CT molecular complexity index is 1320. The molecule has 4 rings (SSSR count). The van der Waals surface area contributed by atoms with Crippen LogP contribution in [0.5, 0.6) is 5.75 Å².